The molecule has 3 heterocycles. The largest absolute Gasteiger partial charge is 0.481 e. The summed E-state index contributed by atoms with van der Waals surface area (Å²) < 4.78 is 11.1. The van der Waals surface area contributed by atoms with Crippen molar-refractivity contribution in [3.63, 3.8) is 0 Å². The van der Waals surface area contributed by atoms with Crippen LogP contribution in [0.25, 0.3) is 6.08 Å². The minimum absolute atomic E-state index is 0.113. The van der Waals surface area contributed by atoms with Crippen molar-refractivity contribution >= 4 is 17.8 Å². The van der Waals surface area contributed by atoms with Crippen molar-refractivity contribution < 1.29 is 14.3 Å². The first kappa shape index (κ1) is 22.9. The van der Waals surface area contributed by atoms with Crippen LogP contribution in [0.2, 0.25) is 0 Å². The number of hydrogen-bond acceptors (Lipinski definition) is 5. The lowest BCUT2D eigenvalue weighted by Gasteiger charge is -2.33. The number of rotatable bonds is 6. The quantitative estimate of drug-likeness (QED) is 0.470. The number of urea groups is 1. The van der Waals surface area contributed by atoms with Crippen molar-refractivity contribution in [2.24, 2.45) is 5.92 Å². The molecular weight excluding hydrogens is 440 g/mol. The van der Waals surface area contributed by atoms with Crippen LogP contribution in [0.1, 0.15) is 43.2 Å². The number of amides is 2. The van der Waals surface area contributed by atoms with Gasteiger partial charge >= 0.3 is 6.03 Å². The summed E-state index contributed by atoms with van der Waals surface area (Å²) in [4.78, 5) is 23.2. The van der Waals surface area contributed by atoms with E-state index in [-0.39, 0.29) is 11.9 Å². The van der Waals surface area contributed by atoms with Crippen LogP contribution in [-0.4, -0.2) is 41.1 Å². The molecule has 1 aliphatic carbocycles. The molecule has 1 aliphatic heterocycles. The Kier molecular flexibility index (Phi) is 6.66. The standard InChI is InChI=1S/C28H30N4O3/c1-19-18-32(28(33)31-24-9-11-26(34-2)30-17-24)13-12-22(19)14-20-4-3-5-25(15-20)35-27-10-8-23(16-29-27)21-6-7-21/h3-5,8-11,14-17,19,21H,6-7,12-13,18H2,1-2H3,(H,31,33)/b22-14+. The number of anilines is 1. The van der Waals surface area contributed by atoms with E-state index < -0.39 is 0 Å². The zero-order chi connectivity index (χ0) is 24.2. The number of carbonyl (C=O) groups excluding carboxylic acids is 1. The van der Waals surface area contributed by atoms with Gasteiger partial charge in [-0.25, -0.2) is 14.8 Å². The highest BCUT2D eigenvalue weighted by Gasteiger charge is 2.25. The van der Waals surface area contributed by atoms with E-state index in [1.807, 2.05) is 35.4 Å². The fourth-order valence-electron chi connectivity index (χ4n) is 4.34. The van der Waals surface area contributed by atoms with Gasteiger partial charge < -0.3 is 19.7 Å². The van der Waals surface area contributed by atoms with Crippen LogP contribution in [0.15, 0.2) is 66.5 Å². The Morgan fingerprint density at radius 3 is 2.60 bits per heavy atom. The van der Waals surface area contributed by atoms with Crippen LogP contribution in [0.3, 0.4) is 0 Å². The average Bonchev–Trinajstić information content (AvgIpc) is 3.72. The smallest absolute Gasteiger partial charge is 0.321 e. The summed E-state index contributed by atoms with van der Waals surface area (Å²) >= 11 is 0. The number of methoxy groups -OCH3 is 1. The highest BCUT2D eigenvalue weighted by Crippen LogP contribution is 2.40. The predicted octanol–water partition coefficient (Wildman–Crippen LogP) is 6.11. The molecule has 2 aromatic heterocycles. The van der Waals surface area contributed by atoms with E-state index in [9.17, 15) is 4.79 Å². The van der Waals surface area contributed by atoms with E-state index in [1.165, 1.54) is 24.0 Å². The normalized spacial score (nSPS) is 18.9. The number of benzene rings is 1. The molecule has 180 valence electrons. The van der Waals surface area contributed by atoms with Gasteiger partial charge in [0, 0.05) is 31.4 Å². The molecule has 1 aromatic carbocycles. The lowest BCUT2D eigenvalue weighted by atomic mass is 9.91. The Morgan fingerprint density at radius 1 is 1.09 bits per heavy atom. The number of hydrogen-bond donors (Lipinski definition) is 1. The van der Waals surface area contributed by atoms with Crippen molar-refractivity contribution in [3.05, 3.63) is 77.6 Å². The maximum atomic E-state index is 12.7. The number of piperidine rings is 1. The second kappa shape index (κ2) is 10.2. The Balaban J connectivity index is 1.19. The zero-order valence-electron chi connectivity index (χ0n) is 20.1. The third-order valence-electron chi connectivity index (χ3n) is 6.52. The molecule has 0 radical (unpaired) electrons. The molecule has 7 nitrogen and oxygen atoms in total. The van der Waals surface area contributed by atoms with E-state index in [4.69, 9.17) is 9.47 Å². The minimum Gasteiger partial charge on any atom is -0.481 e. The first-order valence-corrected chi connectivity index (χ1v) is 12.1. The van der Waals surface area contributed by atoms with Crippen molar-refractivity contribution in [1.29, 1.82) is 0 Å². The van der Waals surface area contributed by atoms with E-state index in [1.54, 1.807) is 25.4 Å². The number of nitrogens with zero attached hydrogens (tertiary/aromatic N) is 3. The summed E-state index contributed by atoms with van der Waals surface area (Å²) in [5.41, 5.74) is 4.36. The fraction of sp³-hybridized carbons (Fsp3) is 0.321. The summed E-state index contributed by atoms with van der Waals surface area (Å²) in [5, 5.41) is 2.92. The second-order valence-electron chi connectivity index (χ2n) is 9.21. The third-order valence-corrected chi connectivity index (χ3v) is 6.52. The molecule has 2 fully saturated rings. The lowest BCUT2D eigenvalue weighted by Crippen LogP contribution is -2.42. The summed E-state index contributed by atoms with van der Waals surface area (Å²) in [7, 11) is 1.56. The molecule has 1 N–H and O–H groups in total. The van der Waals surface area contributed by atoms with Gasteiger partial charge in [0.05, 0.1) is 19.0 Å². The highest BCUT2D eigenvalue weighted by atomic mass is 16.5. The highest BCUT2D eigenvalue weighted by molar-refractivity contribution is 5.89. The van der Waals surface area contributed by atoms with Gasteiger partial charge in [0.25, 0.3) is 0 Å². The molecule has 7 heteroatoms. The first-order chi connectivity index (χ1) is 17.1. The molecular formula is C28H30N4O3. The van der Waals surface area contributed by atoms with Crippen LogP contribution < -0.4 is 14.8 Å². The number of likely N-dealkylation sites (tertiary alicyclic amines) is 1. The monoisotopic (exact) mass is 470 g/mol. The van der Waals surface area contributed by atoms with Gasteiger partial charge in [-0.3, -0.25) is 0 Å². The molecule has 35 heavy (non-hydrogen) atoms. The molecule has 0 bridgehead atoms. The van der Waals surface area contributed by atoms with Gasteiger partial charge in [-0.1, -0.05) is 36.8 Å². The summed E-state index contributed by atoms with van der Waals surface area (Å²) in [6.07, 6.45) is 9.09. The second-order valence-corrected chi connectivity index (χ2v) is 9.21. The van der Waals surface area contributed by atoms with Gasteiger partial charge in [-0.2, -0.15) is 0 Å². The number of pyridine rings is 2. The molecule has 1 saturated heterocycles. The number of ether oxygens (including phenoxy) is 2. The number of aromatic nitrogens is 2. The molecule has 3 aromatic rings. The van der Waals surface area contributed by atoms with E-state index in [0.717, 1.165) is 17.7 Å². The molecule has 2 amide bonds. The Morgan fingerprint density at radius 2 is 1.91 bits per heavy atom. The zero-order valence-corrected chi connectivity index (χ0v) is 20.1. The van der Waals surface area contributed by atoms with Gasteiger partial charge in [-0.15, -0.1) is 0 Å². The van der Waals surface area contributed by atoms with Crippen molar-refractivity contribution in [2.75, 3.05) is 25.5 Å². The summed E-state index contributed by atoms with van der Waals surface area (Å²) in [5.74, 6) is 2.83. The lowest BCUT2D eigenvalue weighted by molar-refractivity contribution is 0.198. The van der Waals surface area contributed by atoms with Gasteiger partial charge in [0.2, 0.25) is 11.8 Å². The van der Waals surface area contributed by atoms with Crippen molar-refractivity contribution in [1.82, 2.24) is 14.9 Å². The third kappa shape index (κ3) is 5.80. The fourth-order valence-corrected chi connectivity index (χ4v) is 4.34. The van der Waals surface area contributed by atoms with E-state index in [2.05, 4.69) is 40.4 Å². The van der Waals surface area contributed by atoms with Gasteiger partial charge in [0.1, 0.15) is 5.75 Å². The maximum Gasteiger partial charge on any atom is 0.321 e. The Bertz CT molecular complexity index is 1200. The SMILES string of the molecule is COc1ccc(NC(=O)N2CC/C(=C\c3cccc(Oc4ccc(C5CC5)cn4)c3)C(C)C2)cn1. The van der Waals surface area contributed by atoms with Gasteiger partial charge in [0.15, 0.2) is 0 Å². The van der Waals surface area contributed by atoms with Crippen molar-refractivity contribution in [3.8, 4) is 17.5 Å². The van der Waals surface area contributed by atoms with Crippen LogP contribution in [0, 0.1) is 5.92 Å². The Labute approximate surface area is 205 Å². The molecule has 1 unspecified atom stereocenters. The average molecular weight is 471 g/mol. The maximum absolute atomic E-state index is 12.7. The van der Waals surface area contributed by atoms with Gasteiger partial charge in [-0.05, 0) is 60.4 Å². The topological polar surface area (TPSA) is 76.6 Å². The summed E-state index contributed by atoms with van der Waals surface area (Å²) in [6, 6.07) is 15.5. The molecule has 0 spiro atoms. The summed E-state index contributed by atoms with van der Waals surface area (Å²) in [6.45, 7) is 3.49. The van der Waals surface area contributed by atoms with E-state index >= 15 is 0 Å². The molecule has 5 rings (SSSR count). The predicted molar refractivity (Wildman–Crippen MR) is 136 cm³/mol. The van der Waals surface area contributed by atoms with Crippen LogP contribution in [0.5, 0.6) is 17.5 Å². The van der Waals surface area contributed by atoms with E-state index in [0.29, 0.717) is 36.5 Å². The molecule has 1 saturated carbocycles. The van der Waals surface area contributed by atoms with Crippen LogP contribution in [-0.2, 0) is 0 Å². The Hall–Kier alpha value is -3.87. The minimum atomic E-state index is -0.113. The first-order valence-electron chi connectivity index (χ1n) is 12.1. The van der Waals surface area contributed by atoms with Crippen molar-refractivity contribution in [2.45, 2.75) is 32.1 Å². The van der Waals surface area contributed by atoms with Crippen LogP contribution in [0.4, 0.5) is 10.5 Å². The van der Waals surface area contributed by atoms with Crippen LogP contribution >= 0.6 is 0 Å². The molecule has 1 atom stereocenters. The number of nitrogens with one attached hydrogen (secondary N) is 1. The number of carbonyl (C=O) groups is 1. The molecule has 2 aliphatic rings.